The molecule has 1 N–H and O–H groups in total. The summed E-state index contributed by atoms with van der Waals surface area (Å²) in [6.07, 6.45) is 2.27. The summed E-state index contributed by atoms with van der Waals surface area (Å²) in [6, 6.07) is 6.08. The average Bonchev–Trinajstić information content (AvgIpc) is 2.26. The number of hydrogen-bond donors (Lipinski definition) is 1. The molecule has 1 aliphatic rings. The monoisotopic (exact) mass is 258 g/mol. The summed E-state index contributed by atoms with van der Waals surface area (Å²) < 4.78 is 0. The van der Waals surface area contributed by atoms with E-state index in [0.29, 0.717) is 16.1 Å². The van der Waals surface area contributed by atoms with Crippen molar-refractivity contribution in [1.29, 1.82) is 0 Å². The van der Waals surface area contributed by atoms with Gasteiger partial charge in [-0.2, -0.15) is 0 Å². The van der Waals surface area contributed by atoms with Crippen LogP contribution in [0.5, 0.6) is 0 Å². The molecule has 0 atom stereocenters. The van der Waals surface area contributed by atoms with Crippen LogP contribution in [0, 0.1) is 0 Å². The molecular weight excluding hydrogens is 243 g/mol. The maximum atomic E-state index is 6.12. The third-order valence-corrected chi connectivity index (χ3v) is 3.66. The van der Waals surface area contributed by atoms with Crippen molar-refractivity contribution in [3.05, 3.63) is 28.2 Å². The van der Waals surface area contributed by atoms with Gasteiger partial charge in [0.05, 0.1) is 15.7 Å². The minimum absolute atomic E-state index is 0.480. The normalized spacial score (nSPS) is 18.7. The highest BCUT2D eigenvalue weighted by molar-refractivity contribution is 6.39. The second-order valence-electron chi connectivity index (χ2n) is 4.32. The zero-order chi connectivity index (χ0) is 11.5. The van der Waals surface area contributed by atoms with Crippen LogP contribution in [-0.4, -0.2) is 31.1 Å². The molecule has 0 amide bonds. The first kappa shape index (κ1) is 12.0. The van der Waals surface area contributed by atoms with E-state index in [0.717, 1.165) is 31.6 Å². The van der Waals surface area contributed by atoms with Crippen LogP contribution in [0.3, 0.4) is 0 Å². The van der Waals surface area contributed by atoms with Gasteiger partial charge in [0.15, 0.2) is 0 Å². The second-order valence-corrected chi connectivity index (χ2v) is 5.13. The minimum Gasteiger partial charge on any atom is -0.380 e. The van der Waals surface area contributed by atoms with E-state index in [4.69, 9.17) is 23.2 Å². The topological polar surface area (TPSA) is 15.3 Å². The SMILES string of the molecule is CN1CCC(Nc2c(Cl)cccc2Cl)CC1. The van der Waals surface area contributed by atoms with Gasteiger partial charge < -0.3 is 10.2 Å². The van der Waals surface area contributed by atoms with E-state index in [-0.39, 0.29) is 0 Å². The van der Waals surface area contributed by atoms with Crippen LogP contribution >= 0.6 is 23.2 Å². The van der Waals surface area contributed by atoms with Crippen LogP contribution in [0.25, 0.3) is 0 Å². The van der Waals surface area contributed by atoms with E-state index in [1.165, 1.54) is 0 Å². The smallest absolute Gasteiger partial charge is 0.0721 e. The Kier molecular flexibility index (Phi) is 3.95. The molecule has 0 aliphatic carbocycles. The lowest BCUT2D eigenvalue weighted by Gasteiger charge is -2.30. The fourth-order valence-electron chi connectivity index (χ4n) is 1.99. The summed E-state index contributed by atoms with van der Waals surface area (Å²) in [4.78, 5) is 2.34. The Balaban J connectivity index is 2.04. The van der Waals surface area contributed by atoms with Gasteiger partial charge in [-0.25, -0.2) is 0 Å². The third kappa shape index (κ3) is 2.82. The van der Waals surface area contributed by atoms with Crippen molar-refractivity contribution in [2.75, 3.05) is 25.5 Å². The lowest BCUT2D eigenvalue weighted by atomic mass is 10.1. The number of rotatable bonds is 2. The van der Waals surface area contributed by atoms with Gasteiger partial charge >= 0.3 is 0 Å². The Morgan fingerprint density at radius 1 is 1.19 bits per heavy atom. The van der Waals surface area contributed by atoms with Crippen molar-refractivity contribution in [3.63, 3.8) is 0 Å². The number of likely N-dealkylation sites (tertiary alicyclic amines) is 1. The van der Waals surface area contributed by atoms with E-state index < -0.39 is 0 Å². The number of halogens is 2. The van der Waals surface area contributed by atoms with E-state index >= 15 is 0 Å². The number of nitrogens with zero attached hydrogens (tertiary/aromatic N) is 1. The predicted octanol–water partition coefficient (Wildman–Crippen LogP) is 3.50. The largest absolute Gasteiger partial charge is 0.380 e. The molecule has 88 valence electrons. The van der Waals surface area contributed by atoms with Gasteiger partial charge in [0.2, 0.25) is 0 Å². The number of benzene rings is 1. The molecule has 4 heteroatoms. The summed E-state index contributed by atoms with van der Waals surface area (Å²) in [7, 11) is 2.15. The van der Waals surface area contributed by atoms with E-state index in [9.17, 15) is 0 Å². The van der Waals surface area contributed by atoms with Gasteiger partial charge in [-0.15, -0.1) is 0 Å². The summed E-state index contributed by atoms with van der Waals surface area (Å²) in [5, 5.41) is 4.85. The first-order valence-corrected chi connectivity index (χ1v) is 6.31. The fourth-order valence-corrected chi connectivity index (χ4v) is 2.50. The first-order valence-electron chi connectivity index (χ1n) is 5.56. The number of anilines is 1. The minimum atomic E-state index is 0.480. The van der Waals surface area contributed by atoms with Crippen molar-refractivity contribution in [2.45, 2.75) is 18.9 Å². The standard InChI is InChI=1S/C12H16Cl2N2/c1-16-7-5-9(6-8-16)15-12-10(13)3-2-4-11(12)14/h2-4,9,15H,5-8H2,1H3. The molecule has 0 spiro atoms. The summed E-state index contributed by atoms with van der Waals surface area (Å²) in [6.45, 7) is 2.25. The summed E-state index contributed by atoms with van der Waals surface area (Å²) >= 11 is 12.2. The molecule has 1 heterocycles. The second kappa shape index (κ2) is 5.26. The summed E-state index contributed by atoms with van der Waals surface area (Å²) in [5.41, 5.74) is 0.875. The van der Waals surface area contributed by atoms with Crippen molar-refractivity contribution in [1.82, 2.24) is 4.90 Å². The number of nitrogens with one attached hydrogen (secondary N) is 1. The van der Waals surface area contributed by atoms with E-state index in [1.54, 1.807) is 0 Å². The van der Waals surface area contributed by atoms with Crippen LogP contribution < -0.4 is 5.32 Å². The zero-order valence-electron chi connectivity index (χ0n) is 9.34. The Bertz CT molecular complexity index is 340. The summed E-state index contributed by atoms with van der Waals surface area (Å²) in [5.74, 6) is 0. The highest BCUT2D eigenvalue weighted by Gasteiger charge is 2.18. The molecule has 16 heavy (non-hydrogen) atoms. The maximum absolute atomic E-state index is 6.12. The fraction of sp³-hybridized carbons (Fsp3) is 0.500. The van der Waals surface area contributed by atoms with Gasteiger partial charge in [0.1, 0.15) is 0 Å². The first-order chi connectivity index (χ1) is 7.66. The molecule has 1 fully saturated rings. The molecule has 0 aromatic heterocycles. The molecule has 0 radical (unpaired) electrons. The molecule has 2 rings (SSSR count). The van der Waals surface area contributed by atoms with Crippen molar-refractivity contribution in [2.24, 2.45) is 0 Å². The van der Waals surface area contributed by atoms with Crippen molar-refractivity contribution in [3.8, 4) is 0 Å². The molecule has 1 aromatic carbocycles. The van der Waals surface area contributed by atoms with Crippen LogP contribution in [0.2, 0.25) is 10.0 Å². The molecular formula is C12H16Cl2N2. The zero-order valence-corrected chi connectivity index (χ0v) is 10.9. The van der Waals surface area contributed by atoms with Crippen molar-refractivity contribution < 1.29 is 0 Å². The third-order valence-electron chi connectivity index (χ3n) is 3.03. The highest BCUT2D eigenvalue weighted by atomic mass is 35.5. The molecule has 2 nitrogen and oxygen atoms in total. The van der Waals surface area contributed by atoms with E-state index in [1.807, 2.05) is 18.2 Å². The maximum Gasteiger partial charge on any atom is 0.0721 e. The quantitative estimate of drug-likeness (QED) is 0.874. The Hall–Kier alpha value is -0.440. The number of hydrogen-bond acceptors (Lipinski definition) is 2. The number of piperidine rings is 1. The lowest BCUT2D eigenvalue weighted by Crippen LogP contribution is -2.36. The predicted molar refractivity (Wildman–Crippen MR) is 70.6 cm³/mol. The Labute approximate surface area is 107 Å². The van der Waals surface area contributed by atoms with Gasteiger partial charge in [-0.3, -0.25) is 0 Å². The molecule has 0 saturated carbocycles. The molecule has 1 aromatic rings. The molecule has 1 saturated heterocycles. The van der Waals surface area contributed by atoms with Gasteiger partial charge in [-0.1, -0.05) is 29.3 Å². The lowest BCUT2D eigenvalue weighted by molar-refractivity contribution is 0.264. The van der Waals surface area contributed by atoms with Crippen LogP contribution in [-0.2, 0) is 0 Å². The van der Waals surface area contributed by atoms with E-state index in [2.05, 4.69) is 17.3 Å². The Morgan fingerprint density at radius 3 is 2.31 bits per heavy atom. The van der Waals surface area contributed by atoms with Gasteiger partial charge in [0, 0.05) is 6.04 Å². The van der Waals surface area contributed by atoms with Gasteiger partial charge in [0.25, 0.3) is 0 Å². The van der Waals surface area contributed by atoms with Crippen LogP contribution in [0.4, 0.5) is 5.69 Å². The van der Waals surface area contributed by atoms with Crippen LogP contribution in [0.15, 0.2) is 18.2 Å². The van der Waals surface area contributed by atoms with Crippen molar-refractivity contribution >= 4 is 28.9 Å². The Morgan fingerprint density at radius 2 is 1.75 bits per heavy atom. The molecule has 1 aliphatic heterocycles. The molecule has 0 unspecified atom stereocenters. The number of para-hydroxylation sites is 1. The van der Waals surface area contributed by atoms with Gasteiger partial charge in [-0.05, 0) is 45.1 Å². The van der Waals surface area contributed by atoms with Crippen LogP contribution in [0.1, 0.15) is 12.8 Å². The average molecular weight is 259 g/mol. The highest BCUT2D eigenvalue weighted by Crippen LogP contribution is 2.31. The molecule has 0 bridgehead atoms.